The predicted molar refractivity (Wildman–Crippen MR) is 80.5 cm³/mol. The number of hydrogen-bond donors (Lipinski definition) is 1. The zero-order valence-corrected chi connectivity index (χ0v) is 12.0. The van der Waals surface area contributed by atoms with Gasteiger partial charge in [-0.2, -0.15) is 5.26 Å². The molecule has 0 aliphatic heterocycles. The second-order valence-corrected chi connectivity index (χ2v) is 5.35. The molecule has 20 heavy (non-hydrogen) atoms. The smallest absolute Gasteiger partial charge is 0.101 e. The molecule has 2 N–H and O–H groups in total. The molecular weight excluding hydrogens is 270 g/mol. The van der Waals surface area contributed by atoms with E-state index in [1.165, 1.54) is 0 Å². The number of aromatic nitrogens is 1. The summed E-state index contributed by atoms with van der Waals surface area (Å²) in [5.41, 5.74) is 8.77. The molecule has 0 spiro atoms. The van der Waals surface area contributed by atoms with Crippen molar-refractivity contribution in [2.75, 3.05) is 0 Å². The summed E-state index contributed by atoms with van der Waals surface area (Å²) >= 11 is 6.01. The maximum atomic E-state index is 8.97. The molecule has 0 radical (unpaired) electrons. The van der Waals surface area contributed by atoms with Gasteiger partial charge in [-0.3, -0.25) is 4.98 Å². The van der Waals surface area contributed by atoms with Crippen LogP contribution in [-0.4, -0.2) is 11.0 Å². The standard InChI is InChI=1S/C16H16ClN3/c1-11(19)16(7-12-3-2-4-15(17)6-12)14-5-13(8-18)9-20-10-14/h2-6,9-11,16H,7,19H2,1H3. The Balaban J connectivity index is 2.29. The molecule has 0 bridgehead atoms. The number of hydrogen-bond acceptors (Lipinski definition) is 3. The summed E-state index contributed by atoms with van der Waals surface area (Å²) < 4.78 is 0. The fourth-order valence-electron chi connectivity index (χ4n) is 2.25. The molecule has 1 aromatic carbocycles. The van der Waals surface area contributed by atoms with Crippen molar-refractivity contribution in [2.24, 2.45) is 5.73 Å². The SMILES string of the molecule is CC(N)C(Cc1cccc(Cl)c1)c1cncc(C#N)c1. The molecule has 4 heteroatoms. The van der Waals surface area contributed by atoms with Gasteiger partial charge in [-0.15, -0.1) is 0 Å². The van der Waals surface area contributed by atoms with E-state index in [1.807, 2.05) is 37.3 Å². The highest BCUT2D eigenvalue weighted by atomic mass is 35.5. The molecule has 2 rings (SSSR count). The van der Waals surface area contributed by atoms with E-state index in [2.05, 4.69) is 11.1 Å². The fourth-order valence-corrected chi connectivity index (χ4v) is 2.46. The first kappa shape index (κ1) is 14.5. The van der Waals surface area contributed by atoms with Gasteiger partial charge in [0.2, 0.25) is 0 Å². The van der Waals surface area contributed by atoms with Gasteiger partial charge in [0.25, 0.3) is 0 Å². The highest BCUT2D eigenvalue weighted by Crippen LogP contribution is 2.25. The molecule has 2 atom stereocenters. The maximum absolute atomic E-state index is 8.97. The van der Waals surface area contributed by atoms with Gasteiger partial charge in [-0.05, 0) is 42.7 Å². The second-order valence-electron chi connectivity index (χ2n) is 4.92. The molecule has 0 amide bonds. The van der Waals surface area contributed by atoms with Crippen LogP contribution >= 0.6 is 11.6 Å². The van der Waals surface area contributed by atoms with Gasteiger partial charge in [0.1, 0.15) is 6.07 Å². The normalized spacial score (nSPS) is 13.5. The second kappa shape index (κ2) is 6.51. The van der Waals surface area contributed by atoms with Crippen LogP contribution < -0.4 is 5.73 Å². The number of benzene rings is 1. The van der Waals surface area contributed by atoms with Gasteiger partial charge >= 0.3 is 0 Å². The molecule has 0 fully saturated rings. The number of pyridine rings is 1. The Morgan fingerprint density at radius 2 is 2.15 bits per heavy atom. The zero-order chi connectivity index (χ0) is 14.5. The van der Waals surface area contributed by atoms with E-state index < -0.39 is 0 Å². The number of nitriles is 1. The van der Waals surface area contributed by atoms with Crippen LogP contribution in [0.1, 0.15) is 29.5 Å². The van der Waals surface area contributed by atoms with Crippen LogP contribution in [-0.2, 0) is 6.42 Å². The van der Waals surface area contributed by atoms with E-state index in [9.17, 15) is 0 Å². The van der Waals surface area contributed by atoms with Crippen LogP contribution in [0.25, 0.3) is 0 Å². The summed E-state index contributed by atoms with van der Waals surface area (Å²) in [7, 11) is 0. The molecule has 0 saturated heterocycles. The third-order valence-electron chi connectivity index (χ3n) is 3.30. The van der Waals surface area contributed by atoms with Crippen LogP contribution in [0, 0.1) is 11.3 Å². The monoisotopic (exact) mass is 285 g/mol. The van der Waals surface area contributed by atoms with E-state index in [0.717, 1.165) is 22.6 Å². The van der Waals surface area contributed by atoms with Gasteiger partial charge in [0.15, 0.2) is 0 Å². The summed E-state index contributed by atoms with van der Waals surface area (Å²) in [6.07, 6.45) is 4.11. The Kier molecular flexibility index (Phi) is 4.73. The van der Waals surface area contributed by atoms with Crippen molar-refractivity contribution in [3.8, 4) is 6.07 Å². The van der Waals surface area contributed by atoms with Gasteiger partial charge in [-0.1, -0.05) is 23.7 Å². The van der Waals surface area contributed by atoms with Crippen molar-refractivity contribution in [1.82, 2.24) is 4.98 Å². The van der Waals surface area contributed by atoms with Crippen molar-refractivity contribution in [3.63, 3.8) is 0 Å². The highest BCUT2D eigenvalue weighted by molar-refractivity contribution is 6.30. The van der Waals surface area contributed by atoms with Gasteiger partial charge < -0.3 is 5.73 Å². The summed E-state index contributed by atoms with van der Waals surface area (Å²) in [5.74, 6) is 0.106. The lowest BCUT2D eigenvalue weighted by Gasteiger charge is -2.21. The van der Waals surface area contributed by atoms with E-state index in [1.54, 1.807) is 12.4 Å². The Bertz CT molecular complexity index is 632. The first-order chi connectivity index (χ1) is 9.60. The largest absolute Gasteiger partial charge is 0.327 e. The van der Waals surface area contributed by atoms with Crippen LogP contribution in [0.2, 0.25) is 5.02 Å². The van der Waals surface area contributed by atoms with Crippen LogP contribution in [0.5, 0.6) is 0 Å². The third-order valence-corrected chi connectivity index (χ3v) is 3.53. The lowest BCUT2D eigenvalue weighted by atomic mass is 9.87. The number of nitrogens with zero attached hydrogens (tertiary/aromatic N) is 2. The van der Waals surface area contributed by atoms with Crippen molar-refractivity contribution >= 4 is 11.6 Å². The maximum Gasteiger partial charge on any atom is 0.101 e. The number of halogens is 1. The van der Waals surface area contributed by atoms with Crippen LogP contribution in [0.15, 0.2) is 42.7 Å². The first-order valence-corrected chi connectivity index (χ1v) is 6.83. The van der Waals surface area contributed by atoms with Gasteiger partial charge in [-0.25, -0.2) is 0 Å². The molecule has 0 saturated carbocycles. The predicted octanol–water partition coefficient (Wildman–Crippen LogP) is 3.28. The Labute approximate surface area is 124 Å². The topological polar surface area (TPSA) is 62.7 Å². The first-order valence-electron chi connectivity index (χ1n) is 6.45. The molecule has 3 nitrogen and oxygen atoms in total. The van der Waals surface area contributed by atoms with E-state index in [-0.39, 0.29) is 12.0 Å². The Hall–Kier alpha value is -1.89. The lowest BCUT2D eigenvalue weighted by Crippen LogP contribution is -2.26. The minimum Gasteiger partial charge on any atom is -0.327 e. The minimum atomic E-state index is -0.0373. The third kappa shape index (κ3) is 3.57. The summed E-state index contributed by atoms with van der Waals surface area (Å²) in [6, 6.07) is 11.7. The van der Waals surface area contributed by atoms with E-state index in [0.29, 0.717) is 5.56 Å². The van der Waals surface area contributed by atoms with Gasteiger partial charge in [0.05, 0.1) is 5.56 Å². The number of nitrogens with two attached hydrogens (primary N) is 1. The molecule has 2 aromatic rings. The van der Waals surface area contributed by atoms with Crippen molar-refractivity contribution in [2.45, 2.75) is 25.3 Å². The van der Waals surface area contributed by atoms with Gasteiger partial charge in [0, 0.05) is 29.4 Å². The van der Waals surface area contributed by atoms with Crippen LogP contribution in [0.3, 0.4) is 0 Å². The van der Waals surface area contributed by atoms with Crippen molar-refractivity contribution in [3.05, 3.63) is 64.4 Å². The highest BCUT2D eigenvalue weighted by Gasteiger charge is 2.18. The Morgan fingerprint density at radius 3 is 2.80 bits per heavy atom. The molecule has 1 aromatic heterocycles. The lowest BCUT2D eigenvalue weighted by molar-refractivity contribution is 0.563. The molecule has 1 heterocycles. The summed E-state index contributed by atoms with van der Waals surface area (Å²) in [4.78, 5) is 4.11. The van der Waals surface area contributed by atoms with E-state index in [4.69, 9.17) is 22.6 Å². The number of rotatable bonds is 4. The summed E-state index contributed by atoms with van der Waals surface area (Å²) in [5, 5.41) is 9.69. The molecule has 0 aliphatic carbocycles. The molecule has 0 aliphatic rings. The molecule has 102 valence electrons. The van der Waals surface area contributed by atoms with E-state index >= 15 is 0 Å². The van der Waals surface area contributed by atoms with Crippen LogP contribution in [0.4, 0.5) is 0 Å². The fraction of sp³-hybridized carbons (Fsp3) is 0.250. The minimum absolute atomic E-state index is 0.0373. The van der Waals surface area contributed by atoms with Crippen molar-refractivity contribution < 1.29 is 0 Å². The zero-order valence-electron chi connectivity index (χ0n) is 11.3. The molecule has 2 unspecified atom stereocenters. The summed E-state index contributed by atoms with van der Waals surface area (Å²) in [6.45, 7) is 1.97. The molecular formula is C16H16ClN3. The average Bonchev–Trinajstić information content (AvgIpc) is 2.44. The Morgan fingerprint density at radius 1 is 1.35 bits per heavy atom. The average molecular weight is 286 g/mol. The quantitative estimate of drug-likeness (QED) is 0.937. The van der Waals surface area contributed by atoms with Crippen molar-refractivity contribution in [1.29, 1.82) is 5.26 Å².